The third kappa shape index (κ3) is 12.9. The molecular formula is C17H37N3O2. The van der Waals surface area contributed by atoms with E-state index in [2.05, 4.69) is 31.4 Å². The predicted octanol–water partition coefficient (Wildman–Crippen LogP) is 2.81. The summed E-state index contributed by atoms with van der Waals surface area (Å²) in [5, 5.41) is 6.68. The minimum atomic E-state index is 0.660. The van der Waals surface area contributed by atoms with Crippen LogP contribution in [-0.2, 0) is 9.47 Å². The van der Waals surface area contributed by atoms with Gasteiger partial charge in [-0.25, -0.2) is 0 Å². The summed E-state index contributed by atoms with van der Waals surface area (Å²) in [5.74, 6) is 1.63. The number of hydrogen-bond donors (Lipinski definition) is 2. The number of aliphatic imine (C=N–C) groups is 1. The number of methoxy groups -OCH3 is 1. The van der Waals surface area contributed by atoms with E-state index in [-0.39, 0.29) is 0 Å². The van der Waals surface area contributed by atoms with Crippen LogP contribution in [0.4, 0.5) is 0 Å². The maximum absolute atomic E-state index is 5.45. The molecule has 0 aliphatic carbocycles. The van der Waals surface area contributed by atoms with Crippen LogP contribution >= 0.6 is 0 Å². The van der Waals surface area contributed by atoms with E-state index in [4.69, 9.17) is 14.5 Å². The van der Waals surface area contributed by atoms with E-state index in [1.54, 1.807) is 7.11 Å². The quantitative estimate of drug-likeness (QED) is 0.294. The molecule has 0 heterocycles. The Balaban J connectivity index is 3.93. The minimum absolute atomic E-state index is 0.660. The van der Waals surface area contributed by atoms with Gasteiger partial charge in [0.05, 0.1) is 13.2 Å². The van der Waals surface area contributed by atoms with Gasteiger partial charge in [0.2, 0.25) is 0 Å². The molecule has 0 aliphatic rings. The summed E-state index contributed by atoms with van der Waals surface area (Å²) in [4.78, 5) is 4.72. The SMILES string of the molecule is CCCCC(CC)CN=C(NCC)NCCCOCCOC. The van der Waals surface area contributed by atoms with Crippen molar-refractivity contribution in [1.82, 2.24) is 10.6 Å². The molecule has 1 atom stereocenters. The molecule has 0 fully saturated rings. The molecule has 0 spiro atoms. The van der Waals surface area contributed by atoms with Gasteiger partial charge in [-0.2, -0.15) is 0 Å². The Hall–Kier alpha value is -0.810. The fourth-order valence-electron chi connectivity index (χ4n) is 2.10. The van der Waals surface area contributed by atoms with Gasteiger partial charge >= 0.3 is 0 Å². The summed E-state index contributed by atoms with van der Waals surface area (Å²) >= 11 is 0. The van der Waals surface area contributed by atoms with Crippen molar-refractivity contribution >= 4 is 5.96 Å². The fraction of sp³-hybridized carbons (Fsp3) is 0.941. The van der Waals surface area contributed by atoms with Crippen molar-refractivity contribution in [3.8, 4) is 0 Å². The highest BCUT2D eigenvalue weighted by Gasteiger charge is 2.05. The van der Waals surface area contributed by atoms with Crippen molar-refractivity contribution < 1.29 is 9.47 Å². The van der Waals surface area contributed by atoms with E-state index in [1.165, 1.54) is 25.7 Å². The molecule has 0 saturated heterocycles. The Bertz CT molecular complexity index is 260. The normalized spacial score (nSPS) is 13.2. The lowest BCUT2D eigenvalue weighted by atomic mass is 10.00. The van der Waals surface area contributed by atoms with E-state index in [0.29, 0.717) is 19.1 Å². The van der Waals surface area contributed by atoms with Gasteiger partial charge in [-0.15, -0.1) is 0 Å². The number of hydrogen-bond acceptors (Lipinski definition) is 3. The van der Waals surface area contributed by atoms with Crippen molar-refractivity contribution in [2.24, 2.45) is 10.9 Å². The first-order valence-electron chi connectivity index (χ1n) is 8.87. The molecule has 0 aliphatic heterocycles. The highest BCUT2D eigenvalue weighted by atomic mass is 16.5. The lowest BCUT2D eigenvalue weighted by molar-refractivity contribution is 0.0698. The van der Waals surface area contributed by atoms with E-state index >= 15 is 0 Å². The Labute approximate surface area is 137 Å². The molecule has 0 aromatic heterocycles. The molecule has 0 aromatic rings. The van der Waals surface area contributed by atoms with Gasteiger partial charge in [0.25, 0.3) is 0 Å². The van der Waals surface area contributed by atoms with Gasteiger partial charge in [-0.05, 0) is 25.7 Å². The van der Waals surface area contributed by atoms with Gasteiger partial charge in [-0.3, -0.25) is 4.99 Å². The first-order valence-corrected chi connectivity index (χ1v) is 8.87. The van der Waals surface area contributed by atoms with E-state index in [9.17, 15) is 0 Å². The predicted molar refractivity (Wildman–Crippen MR) is 94.6 cm³/mol. The van der Waals surface area contributed by atoms with Crippen LogP contribution in [0, 0.1) is 5.92 Å². The number of nitrogens with one attached hydrogen (secondary N) is 2. The highest BCUT2D eigenvalue weighted by molar-refractivity contribution is 5.79. The smallest absolute Gasteiger partial charge is 0.191 e. The molecule has 0 rings (SSSR count). The van der Waals surface area contributed by atoms with Crippen molar-refractivity contribution in [2.75, 3.05) is 46.6 Å². The monoisotopic (exact) mass is 315 g/mol. The van der Waals surface area contributed by atoms with Gasteiger partial charge < -0.3 is 20.1 Å². The van der Waals surface area contributed by atoms with Crippen molar-refractivity contribution in [2.45, 2.75) is 52.9 Å². The zero-order valence-corrected chi connectivity index (χ0v) is 15.1. The minimum Gasteiger partial charge on any atom is -0.382 e. The number of ether oxygens (including phenoxy) is 2. The second kappa shape index (κ2) is 16.6. The maximum atomic E-state index is 5.45. The molecule has 5 heteroatoms. The van der Waals surface area contributed by atoms with Crippen LogP contribution in [-0.4, -0.2) is 52.5 Å². The number of guanidine groups is 1. The summed E-state index contributed by atoms with van der Waals surface area (Å²) in [6.07, 6.45) is 6.03. The third-order valence-electron chi connectivity index (χ3n) is 3.58. The Morgan fingerprint density at radius 3 is 2.50 bits per heavy atom. The third-order valence-corrected chi connectivity index (χ3v) is 3.58. The second-order valence-electron chi connectivity index (χ2n) is 5.52. The van der Waals surface area contributed by atoms with Crippen molar-refractivity contribution in [3.63, 3.8) is 0 Å². The Morgan fingerprint density at radius 1 is 1.05 bits per heavy atom. The standard InChI is InChI=1S/C17H37N3O2/c1-5-8-10-16(6-2)15-20-17(18-7-3)19-11-9-12-22-14-13-21-4/h16H,5-15H2,1-4H3,(H2,18,19,20). The van der Waals surface area contributed by atoms with Crippen LogP contribution in [0.5, 0.6) is 0 Å². The average Bonchev–Trinajstić information content (AvgIpc) is 2.54. The molecule has 0 bridgehead atoms. The summed E-state index contributed by atoms with van der Waals surface area (Å²) in [5.41, 5.74) is 0. The second-order valence-corrected chi connectivity index (χ2v) is 5.52. The zero-order chi connectivity index (χ0) is 16.5. The van der Waals surface area contributed by atoms with Crippen LogP contribution in [0.1, 0.15) is 52.9 Å². The average molecular weight is 316 g/mol. The molecule has 22 heavy (non-hydrogen) atoms. The number of rotatable bonds is 14. The maximum Gasteiger partial charge on any atom is 0.191 e. The molecule has 2 N–H and O–H groups in total. The fourth-order valence-corrected chi connectivity index (χ4v) is 2.10. The topological polar surface area (TPSA) is 54.9 Å². The largest absolute Gasteiger partial charge is 0.382 e. The molecule has 132 valence electrons. The first-order chi connectivity index (χ1) is 10.8. The lowest BCUT2D eigenvalue weighted by Gasteiger charge is -2.15. The number of nitrogens with zero attached hydrogens (tertiary/aromatic N) is 1. The summed E-state index contributed by atoms with van der Waals surface area (Å²) in [6.45, 7) is 11.4. The van der Waals surface area contributed by atoms with Crippen LogP contribution in [0.3, 0.4) is 0 Å². The van der Waals surface area contributed by atoms with Gasteiger partial charge in [0.15, 0.2) is 5.96 Å². The number of unbranched alkanes of at least 4 members (excludes halogenated alkanes) is 1. The van der Waals surface area contributed by atoms with Crippen molar-refractivity contribution in [3.05, 3.63) is 0 Å². The molecule has 0 aromatic carbocycles. The molecular weight excluding hydrogens is 278 g/mol. The van der Waals surface area contributed by atoms with E-state index in [1.807, 2.05) is 0 Å². The highest BCUT2D eigenvalue weighted by Crippen LogP contribution is 2.12. The Kier molecular flexibility index (Phi) is 15.9. The van der Waals surface area contributed by atoms with Crippen molar-refractivity contribution in [1.29, 1.82) is 0 Å². The molecule has 0 amide bonds. The van der Waals surface area contributed by atoms with Crippen LogP contribution in [0.15, 0.2) is 4.99 Å². The molecule has 0 radical (unpaired) electrons. The van der Waals surface area contributed by atoms with Crippen LogP contribution < -0.4 is 10.6 Å². The molecule has 5 nitrogen and oxygen atoms in total. The van der Waals surface area contributed by atoms with Crippen LogP contribution in [0.2, 0.25) is 0 Å². The zero-order valence-electron chi connectivity index (χ0n) is 15.1. The Morgan fingerprint density at radius 2 is 1.86 bits per heavy atom. The first kappa shape index (κ1) is 21.2. The van der Waals surface area contributed by atoms with Gasteiger partial charge in [0.1, 0.15) is 0 Å². The van der Waals surface area contributed by atoms with E-state index in [0.717, 1.165) is 38.6 Å². The summed E-state index contributed by atoms with van der Waals surface area (Å²) in [7, 11) is 1.69. The van der Waals surface area contributed by atoms with E-state index < -0.39 is 0 Å². The molecule has 1 unspecified atom stereocenters. The summed E-state index contributed by atoms with van der Waals surface area (Å²) < 4.78 is 10.4. The lowest BCUT2D eigenvalue weighted by Crippen LogP contribution is -2.38. The van der Waals surface area contributed by atoms with Crippen LogP contribution in [0.25, 0.3) is 0 Å². The molecule has 0 saturated carbocycles. The van der Waals surface area contributed by atoms with Gasteiger partial charge in [0, 0.05) is 33.4 Å². The summed E-state index contributed by atoms with van der Waals surface area (Å²) in [6, 6.07) is 0. The van der Waals surface area contributed by atoms with Gasteiger partial charge in [-0.1, -0.05) is 33.1 Å².